The quantitative estimate of drug-likeness (QED) is 0.897. The van der Waals surface area contributed by atoms with Crippen molar-refractivity contribution in [2.24, 2.45) is 0 Å². The van der Waals surface area contributed by atoms with Crippen LogP contribution in [-0.2, 0) is 6.42 Å². The highest BCUT2D eigenvalue weighted by molar-refractivity contribution is 5.16. The largest absolute Gasteiger partial charge is 0.339 e. The third-order valence-electron chi connectivity index (χ3n) is 3.62. The Hall–Kier alpha value is -1.79. The van der Waals surface area contributed by atoms with Crippen molar-refractivity contribution in [3.8, 4) is 0 Å². The molecule has 1 fully saturated rings. The van der Waals surface area contributed by atoms with Crippen molar-refractivity contribution >= 4 is 0 Å². The van der Waals surface area contributed by atoms with Crippen LogP contribution in [0.3, 0.4) is 0 Å². The van der Waals surface area contributed by atoms with Gasteiger partial charge in [0.05, 0.1) is 12.5 Å². The minimum atomic E-state index is 0.192. The van der Waals surface area contributed by atoms with Gasteiger partial charge in [-0.3, -0.25) is 9.88 Å². The van der Waals surface area contributed by atoms with Gasteiger partial charge in [-0.25, -0.2) is 0 Å². The number of hydrogen-bond donors (Lipinski definition) is 1. The Morgan fingerprint density at radius 2 is 2.35 bits per heavy atom. The fourth-order valence-electron chi connectivity index (χ4n) is 2.35. The van der Waals surface area contributed by atoms with Gasteiger partial charge in [0.15, 0.2) is 5.82 Å². The Bertz CT molecular complexity index is 565. The monoisotopic (exact) mass is 273 g/mol. The van der Waals surface area contributed by atoms with Crippen molar-refractivity contribution in [3.63, 3.8) is 0 Å². The maximum atomic E-state index is 5.36. The lowest BCUT2D eigenvalue weighted by Gasteiger charge is -2.30. The number of hydrogen-bond acceptors (Lipinski definition) is 6. The summed E-state index contributed by atoms with van der Waals surface area (Å²) in [5.41, 5.74) is 2.09. The molecule has 0 bridgehead atoms. The van der Waals surface area contributed by atoms with Gasteiger partial charge in [0.2, 0.25) is 5.89 Å². The normalized spacial score (nSPS) is 20.2. The summed E-state index contributed by atoms with van der Waals surface area (Å²) in [5.74, 6) is 1.40. The standard InChI is InChI=1S/C14H19N5O/c1-10-3-4-11(8-16-10)7-13-17-14(18-20-13)12-9-15-5-6-19(12)2/h3-4,8,12,15H,5-7,9H2,1-2H3. The Balaban J connectivity index is 1.71. The van der Waals surface area contributed by atoms with E-state index < -0.39 is 0 Å². The summed E-state index contributed by atoms with van der Waals surface area (Å²) in [6.45, 7) is 4.84. The van der Waals surface area contributed by atoms with Gasteiger partial charge in [-0.1, -0.05) is 11.2 Å². The molecule has 3 heterocycles. The highest BCUT2D eigenvalue weighted by Gasteiger charge is 2.25. The van der Waals surface area contributed by atoms with Crippen molar-refractivity contribution in [2.75, 3.05) is 26.7 Å². The molecule has 0 aliphatic carbocycles. The summed E-state index contributed by atoms with van der Waals surface area (Å²) in [6.07, 6.45) is 2.48. The van der Waals surface area contributed by atoms with Crippen LogP contribution in [0.5, 0.6) is 0 Å². The van der Waals surface area contributed by atoms with Crippen LogP contribution in [0, 0.1) is 6.92 Å². The summed E-state index contributed by atoms with van der Waals surface area (Å²) < 4.78 is 5.36. The molecule has 1 N–H and O–H groups in total. The van der Waals surface area contributed by atoms with Crippen LogP contribution in [0.25, 0.3) is 0 Å². The molecule has 1 unspecified atom stereocenters. The molecule has 20 heavy (non-hydrogen) atoms. The second-order valence-electron chi connectivity index (χ2n) is 5.23. The molecule has 0 saturated carbocycles. The topological polar surface area (TPSA) is 67.1 Å². The van der Waals surface area contributed by atoms with E-state index in [1.807, 2.05) is 25.3 Å². The average molecular weight is 273 g/mol. The van der Waals surface area contributed by atoms with Gasteiger partial charge in [0.25, 0.3) is 0 Å². The van der Waals surface area contributed by atoms with Gasteiger partial charge in [-0.15, -0.1) is 0 Å². The second-order valence-corrected chi connectivity index (χ2v) is 5.23. The van der Waals surface area contributed by atoms with E-state index >= 15 is 0 Å². The molecule has 6 heteroatoms. The Labute approximate surface area is 118 Å². The van der Waals surface area contributed by atoms with E-state index in [1.54, 1.807) is 0 Å². The Morgan fingerprint density at radius 3 is 3.10 bits per heavy atom. The van der Waals surface area contributed by atoms with Gasteiger partial charge >= 0.3 is 0 Å². The van der Waals surface area contributed by atoms with Gasteiger partial charge in [0, 0.05) is 31.5 Å². The summed E-state index contributed by atoms with van der Waals surface area (Å²) in [5, 5.41) is 7.47. The molecule has 1 atom stereocenters. The molecule has 6 nitrogen and oxygen atoms in total. The number of nitrogens with zero attached hydrogens (tertiary/aromatic N) is 4. The first-order valence-electron chi connectivity index (χ1n) is 6.87. The molecular formula is C14H19N5O. The molecule has 2 aromatic heterocycles. The summed E-state index contributed by atoms with van der Waals surface area (Å²) in [6, 6.07) is 4.23. The minimum absolute atomic E-state index is 0.192. The van der Waals surface area contributed by atoms with E-state index in [-0.39, 0.29) is 6.04 Å². The van der Waals surface area contributed by atoms with Crippen LogP contribution in [0.1, 0.15) is 29.0 Å². The number of likely N-dealkylation sites (N-methyl/N-ethyl adjacent to an activating group) is 1. The van der Waals surface area contributed by atoms with Gasteiger partial charge in [-0.2, -0.15) is 4.98 Å². The highest BCUT2D eigenvalue weighted by Crippen LogP contribution is 2.18. The van der Waals surface area contributed by atoms with Crippen LogP contribution >= 0.6 is 0 Å². The maximum Gasteiger partial charge on any atom is 0.231 e. The molecule has 2 aromatic rings. The van der Waals surface area contributed by atoms with Gasteiger partial charge in [-0.05, 0) is 25.6 Å². The first-order chi connectivity index (χ1) is 9.72. The highest BCUT2D eigenvalue weighted by atomic mass is 16.5. The minimum Gasteiger partial charge on any atom is -0.339 e. The zero-order valence-corrected chi connectivity index (χ0v) is 11.8. The molecule has 0 amide bonds. The molecular weight excluding hydrogens is 254 g/mol. The van der Waals surface area contributed by atoms with Gasteiger partial charge < -0.3 is 9.84 Å². The fraction of sp³-hybridized carbons (Fsp3) is 0.500. The Morgan fingerprint density at radius 1 is 1.45 bits per heavy atom. The van der Waals surface area contributed by atoms with Gasteiger partial charge in [0.1, 0.15) is 0 Å². The summed E-state index contributed by atoms with van der Waals surface area (Å²) in [4.78, 5) is 11.0. The van der Waals surface area contributed by atoms with Crippen molar-refractivity contribution in [3.05, 3.63) is 41.3 Å². The number of piperazine rings is 1. The molecule has 1 saturated heterocycles. The second kappa shape index (κ2) is 5.68. The molecule has 0 spiro atoms. The predicted molar refractivity (Wildman–Crippen MR) is 74.3 cm³/mol. The molecule has 1 aliphatic heterocycles. The van der Waals surface area contributed by atoms with E-state index in [0.717, 1.165) is 36.7 Å². The smallest absolute Gasteiger partial charge is 0.231 e. The number of aryl methyl sites for hydroxylation is 1. The van der Waals surface area contributed by atoms with Crippen LogP contribution in [0.15, 0.2) is 22.9 Å². The maximum absolute atomic E-state index is 5.36. The number of pyridine rings is 1. The van der Waals surface area contributed by atoms with E-state index in [1.165, 1.54) is 0 Å². The molecule has 0 radical (unpaired) electrons. The molecule has 3 rings (SSSR count). The first kappa shape index (κ1) is 13.2. The van der Waals surface area contributed by atoms with E-state index in [0.29, 0.717) is 12.3 Å². The van der Waals surface area contributed by atoms with Crippen molar-refractivity contribution in [1.29, 1.82) is 0 Å². The van der Waals surface area contributed by atoms with Crippen molar-refractivity contribution in [1.82, 2.24) is 25.3 Å². The SMILES string of the molecule is Cc1ccc(Cc2nc(C3CNCCN3C)no2)cn1. The van der Waals surface area contributed by atoms with E-state index in [4.69, 9.17) is 4.52 Å². The van der Waals surface area contributed by atoms with Crippen LogP contribution in [-0.4, -0.2) is 46.7 Å². The number of nitrogens with one attached hydrogen (secondary N) is 1. The van der Waals surface area contributed by atoms with Crippen molar-refractivity contribution in [2.45, 2.75) is 19.4 Å². The molecule has 1 aliphatic rings. The average Bonchev–Trinajstić information content (AvgIpc) is 2.90. The lowest BCUT2D eigenvalue weighted by Crippen LogP contribution is -2.44. The molecule has 0 aromatic carbocycles. The fourth-order valence-corrected chi connectivity index (χ4v) is 2.35. The zero-order chi connectivity index (χ0) is 13.9. The Kier molecular flexibility index (Phi) is 3.75. The lowest BCUT2D eigenvalue weighted by atomic mass is 10.2. The first-order valence-corrected chi connectivity index (χ1v) is 6.87. The third kappa shape index (κ3) is 2.86. The zero-order valence-electron chi connectivity index (χ0n) is 11.8. The van der Waals surface area contributed by atoms with Crippen molar-refractivity contribution < 1.29 is 4.52 Å². The summed E-state index contributed by atoms with van der Waals surface area (Å²) >= 11 is 0. The molecule has 106 valence electrons. The van der Waals surface area contributed by atoms with Crippen LogP contribution in [0.2, 0.25) is 0 Å². The van der Waals surface area contributed by atoms with Crippen LogP contribution < -0.4 is 5.32 Å². The third-order valence-corrected chi connectivity index (χ3v) is 3.62. The number of rotatable bonds is 3. The van der Waals surface area contributed by atoms with Crippen LogP contribution in [0.4, 0.5) is 0 Å². The van der Waals surface area contributed by atoms with E-state index in [9.17, 15) is 0 Å². The van der Waals surface area contributed by atoms with E-state index in [2.05, 4.69) is 32.4 Å². The predicted octanol–water partition coefficient (Wildman–Crippen LogP) is 0.940. The lowest BCUT2D eigenvalue weighted by molar-refractivity contribution is 0.190. The number of aromatic nitrogens is 3. The summed E-state index contributed by atoms with van der Waals surface area (Å²) in [7, 11) is 2.09.